The van der Waals surface area contributed by atoms with Gasteiger partial charge in [0.05, 0.1) is 5.56 Å². The van der Waals surface area contributed by atoms with Crippen molar-refractivity contribution in [1.82, 2.24) is 9.97 Å². The van der Waals surface area contributed by atoms with Crippen molar-refractivity contribution < 1.29 is 4.74 Å². The molecule has 20 heavy (non-hydrogen) atoms. The molecule has 0 N–H and O–H groups in total. The number of ether oxygens (including phenoxy) is 1. The Labute approximate surface area is 125 Å². The van der Waals surface area contributed by atoms with Gasteiger partial charge in [-0.25, -0.2) is 9.97 Å². The molecule has 0 aliphatic heterocycles. The highest BCUT2D eigenvalue weighted by Gasteiger charge is 2.15. The molecule has 0 saturated heterocycles. The molecule has 3 nitrogen and oxygen atoms in total. The Morgan fingerprint density at radius 3 is 2.60 bits per heavy atom. The van der Waals surface area contributed by atoms with Crippen molar-refractivity contribution in [2.45, 2.75) is 39.5 Å². The molecule has 106 valence electrons. The van der Waals surface area contributed by atoms with Crippen molar-refractivity contribution in [3.05, 3.63) is 46.9 Å². The Morgan fingerprint density at radius 1 is 1.20 bits per heavy atom. The zero-order chi connectivity index (χ0) is 14.8. The Bertz CT molecular complexity index is 606. The molecule has 0 unspecified atom stereocenters. The third kappa shape index (κ3) is 3.28. The normalized spacial score (nSPS) is 11.4. The lowest BCUT2D eigenvalue weighted by Crippen LogP contribution is -2.10. The van der Waals surface area contributed by atoms with Gasteiger partial charge in [-0.1, -0.05) is 51.4 Å². The summed E-state index contributed by atoms with van der Waals surface area (Å²) in [6.45, 7) is 8.52. The third-order valence-corrected chi connectivity index (χ3v) is 3.45. The van der Waals surface area contributed by atoms with Crippen LogP contribution >= 0.6 is 11.6 Å². The highest BCUT2D eigenvalue weighted by molar-refractivity contribution is 6.30. The lowest BCUT2D eigenvalue weighted by atomic mass is 9.87. The van der Waals surface area contributed by atoms with Gasteiger partial charge in [0.25, 0.3) is 0 Å². The predicted molar refractivity (Wildman–Crippen MR) is 81.6 cm³/mol. The molecule has 0 bridgehead atoms. The first-order valence-corrected chi connectivity index (χ1v) is 7.07. The quantitative estimate of drug-likeness (QED) is 0.763. The second-order valence-corrected chi connectivity index (χ2v) is 6.04. The molecule has 0 aliphatic rings. The van der Waals surface area contributed by atoms with E-state index in [4.69, 9.17) is 16.3 Å². The lowest BCUT2D eigenvalue weighted by molar-refractivity contribution is 0.452. The average Bonchev–Trinajstić information content (AvgIpc) is 2.38. The van der Waals surface area contributed by atoms with E-state index in [1.54, 1.807) is 0 Å². The van der Waals surface area contributed by atoms with E-state index in [1.807, 2.05) is 25.1 Å². The molecule has 1 aromatic carbocycles. The van der Waals surface area contributed by atoms with Gasteiger partial charge in [-0.05, 0) is 29.5 Å². The van der Waals surface area contributed by atoms with Crippen molar-refractivity contribution in [3.63, 3.8) is 0 Å². The van der Waals surface area contributed by atoms with Crippen molar-refractivity contribution in [2.24, 2.45) is 0 Å². The summed E-state index contributed by atoms with van der Waals surface area (Å²) in [6.07, 6.45) is 2.15. The number of benzene rings is 1. The van der Waals surface area contributed by atoms with E-state index in [2.05, 4.69) is 36.8 Å². The summed E-state index contributed by atoms with van der Waals surface area (Å²) in [4.78, 5) is 8.16. The fourth-order valence-corrected chi connectivity index (χ4v) is 2.16. The van der Waals surface area contributed by atoms with Crippen LogP contribution in [0.5, 0.6) is 11.6 Å². The Hall–Kier alpha value is -1.61. The number of hydrogen-bond donors (Lipinski definition) is 0. The minimum absolute atomic E-state index is 0.0796. The maximum Gasteiger partial charge on any atom is 0.226 e. The summed E-state index contributed by atoms with van der Waals surface area (Å²) in [5.41, 5.74) is 2.12. The molecular formula is C16H19ClN2O. The predicted octanol–water partition coefficient (Wildman–Crippen LogP) is 4.78. The van der Waals surface area contributed by atoms with Crippen LogP contribution < -0.4 is 4.74 Å². The van der Waals surface area contributed by atoms with Crippen molar-refractivity contribution >= 4 is 11.6 Å². The molecule has 2 aromatic rings. The first kappa shape index (κ1) is 14.8. The van der Waals surface area contributed by atoms with E-state index in [-0.39, 0.29) is 5.41 Å². The first-order valence-electron chi connectivity index (χ1n) is 6.69. The van der Waals surface area contributed by atoms with Crippen LogP contribution in [0.2, 0.25) is 5.15 Å². The second-order valence-electron chi connectivity index (χ2n) is 5.68. The number of aromatic nitrogens is 2. The highest BCUT2D eigenvalue weighted by atomic mass is 35.5. The van der Waals surface area contributed by atoms with Gasteiger partial charge in [-0.3, -0.25) is 0 Å². The fourth-order valence-electron chi connectivity index (χ4n) is 1.90. The largest absolute Gasteiger partial charge is 0.439 e. The molecule has 1 heterocycles. The lowest BCUT2D eigenvalue weighted by Gasteiger charge is -2.19. The van der Waals surface area contributed by atoms with Crippen LogP contribution in [-0.4, -0.2) is 9.97 Å². The minimum atomic E-state index is 0.0796. The summed E-state index contributed by atoms with van der Waals surface area (Å²) in [5, 5.41) is 0.449. The van der Waals surface area contributed by atoms with E-state index in [0.29, 0.717) is 11.0 Å². The highest BCUT2D eigenvalue weighted by Crippen LogP contribution is 2.30. The summed E-state index contributed by atoms with van der Waals surface area (Å²) in [6, 6.07) is 8.05. The topological polar surface area (TPSA) is 35.0 Å². The maximum atomic E-state index is 6.07. The zero-order valence-corrected chi connectivity index (χ0v) is 13.0. The molecule has 0 aliphatic carbocycles. The van der Waals surface area contributed by atoms with Gasteiger partial charge in [0.15, 0.2) is 0 Å². The van der Waals surface area contributed by atoms with E-state index in [9.17, 15) is 0 Å². The monoisotopic (exact) mass is 290 g/mol. The van der Waals surface area contributed by atoms with Gasteiger partial charge in [0.1, 0.15) is 17.2 Å². The van der Waals surface area contributed by atoms with E-state index < -0.39 is 0 Å². The summed E-state index contributed by atoms with van der Waals surface area (Å²) < 4.78 is 5.88. The SMILES string of the molecule is CCc1c(Cl)ncnc1Oc1cccc(C(C)(C)C)c1. The van der Waals surface area contributed by atoms with Crippen molar-refractivity contribution in [3.8, 4) is 11.6 Å². The van der Waals surface area contributed by atoms with E-state index >= 15 is 0 Å². The van der Waals surface area contributed by atoms with Crippen molar-refractivity contribution in [1.29, 1.82) is 0 Å². The average molecular weight is 291 g/mol. The van der Waals surface area contributed by atoms with E-state index in [1.165, 1.54) is 11.9 Å². The number of rotatable bonds is 3. The van der Waals surface area contributed by atoms with Gasteiger partial charge in [-0.15, -0.1) is 0 Å². The van der Waals surface area contributed by atoms with Crippen molar-refractivity contribution in [2.75, 3.05) is 0 Å². The number of nitrogens with zero attached hydrogens (tertiary/aromatic N) is 2. The maximum absolute atomic E-state index is 6.07. The van der Waals surface area contributed by atoms with Crippen LogP contribution in [0.4, 0.5) is 0 Å². The minimum Gasteiger partial charge on any atom is -0.439 e. The van der Waals surface area contributed by atoms with Gasteiger partial charge in [0.2, 0.25) is 5.88 Å². The van der Waals surface area contributed by atoms with Gasteiger partial charge < -0.3 is 4.74 Å². The molecule has 0 atom stereocenters. The summed E-state index contributed by atoms with van der Waals surface area (Å²) >= 11 is 6.07. The molecule has 0 amide bonds. The van der Waals surface area contributed by atoms with Gasteiger partial charge in [-0.2, -0.15) is 0 Å². The fraction of sp³-hybridized carbons (Fsp3) is 0.375. The molecule has 0 fully saturated rings. The Balaban J connectivity index is 2.34. The molecule has 2 rings (SSSR count). The summed E-state index contributed by atoms with van der Waals surface area (Å²) in [5.74, 6) is 1.29. The van der Waals surface area contributed by atoms with Gasteiger partial charge >= 0.3 is 0 Å². The molecule has 0 spiro atoms. The molecule has 1 aromatic heterocycles. The van der Waals surface area contributed by atoms with Crippen LogP contribution in [0.25, 0.3) is 0 Å². The smallest absolute Gasteiger partial charge is 0.226 e. The Morgan fingerprint density at radius 2 is 1.95 bits per heavy atom. The van der Waals surface area contributed by atoms with Crippen LogP contribution in [0.15, 0.2) is 30.6 Å². The molecule has 0 radical (unpaired) electrons. The molecule has 0 saturated carbocycles. The summed E-state index contributed by atoms with van der Waals surface area (Å²) in [7, 11) is 0. The van der Waals surface area contributed by atoms with Crippen LogP contribution in [0, 0.1) is 0 Å². The van der Waals surface area contributed by atoms with Crippen LogP contribution in [0.1, 0.15) is 38.8 Å². The zero-order valence-electron chi connectivity index (χ0n) is 12.3. The molecular weight excluding hydrogens is 272 g/mol. The van der Waals surface area contributed by atoms with Crippen LogP contribution in [0.3, 0.4) is 0 Å². The standard InChI is InChI=1S/C16H19ClN2O/c1-5-13-14(17)18-10-19-15(13)20-12-8-6-7-11(9-12)16(2,3)4/h6-10H,5H2,1-4H3. The molecule has 4 heteroatoms. The second kappa shape index (κ2) is 5.80. The third-order valence-electron chi connectivity index (χ3n) is 3.12. The van der Waals surface area contributed by atoms with E-state index in [0.717, 1.165) is 17.7 Å². The van der Waals surface area contributed by atoms with Gasteiger partial charge in [0, 0.05) is 0 Å². The number of hydrogen-bond acceptors (Lipinski definition) is 3. The first-order chi connectivity index (χ1) is 9.41. The van der Waals surface area contributed by atoms with Crippen LogP contribution in [-0.2, 0) is 11.8 Å². The number of halogens is 1. The Kier molecular flexibility index (Phi) is 4.29.